The van der Waals surface area contributed by atoms with Crippen LogP contribution in [-0.4, -0.2) is 29.8 Å². The van der Waals surface area contributed by atoms with E-state index in [9.17, 15) is 9.59 Å². The third-order valence-corrected chi connectivity index (χ3v) is 3.72. The second kappa shape index (κ2) is 5.43. The summed E-state index contributed by atoms with van der Waals surface area (Å²) >= 11 is 0. The van der Waals surface area contributed by atoms with Gasteiger partial charge in [-0.25, -0.2) is 0 Å². The number of hydrogen-bond donors (Lipinski definition) is 1. The molecule has 4 nitrogen and oxygen atoms in total. The number of nitrogens with zero attached hydrogens (tertiary/aromatic N) is 1. The molecule has 1 aromatic carbocycles. The molecule has 2 rings (SSSR count). The number of carbonyl (C=O) groups excluding carboxylic acids is 2. The standard InChI is InChI=1S/C15H20N2O2/c1-10-5-6-13(11(2)8-10)15(19)17-7-3-4-12(9-17)14(16)18/h5-6,8,12H,3-4,7,9H2,1-2H3,(H2,16,18). The summed E-state index contributed by atoms with van der Waals surface area (Å²) in [5.41, 5.74) is 8.18. The van der Waals surface area contributed by atoms with Gasteiger partial charge in [0.25, 0.3) is 5.91 Å². The Hall–Kier alpha value is -1.84. The Morgan fingerprint density at radius 2 is 2.05 bits per heavy atom. The second-order valence-corrected chi connectivity index (χ2v) is 5.31. The third kappa shape index (κ3) is 2.95. The molecule has 0 saturated carbocycles. The fourth-order valence-corrected chi connectivity index (χ4v) is 2.62. The Balaban J connectivity index is 2.17. The zero-order chi connectivity index (χ0) is 14.0. The number of amides is 2. The summed E-state index contributed by atoms with van der Waals surface area (Å²) < 4.78 is 0. The summed E-state index contributed by atoms with van der Waals surface area (Å²) in [6, 6.07) is 5.80. The molecule has 0 spiro atoms. The van der Waals surface area contributed by atoms with Crippen molar-refractivity contribution in [3.8, 4) is 0 Å². The molecule has 0 radical (unpaired) electrons. The van der Waals surface area contributed by atoms with Gasteiger partial charge >= 0.3 is 0 Å². The van der Waals surface area contributed by atoms with Crippen molar-refractivity contribution in [3.05, 3.63) is 34.9 Å². The predicted octanol–water partition coefficient (Wildman–Crippen LogP) is 1.64. The van der Waals surface area contributed by atoms with Gasteiger partial charge in [0.2, 0.25) is 5.91 Å². The maximum Gasteiger partial charge on any atom is 0.254 e. The van der Waals surface area contributed by atoms with E-state index in [1.54, 1.807) is 4.90 Å². The highest BCUT2D eigenvalue weighted by Gasteiger charge is 2.27. The van der Waals surface area contributed by atoms with Crippen LogP contribution in [0.3, 0.4) is 0 Å². The lowest BCUT2D eigenvalue weighted by atomic mass is 9.96. The third-order valence-electron chi connectivity index (χ3n) is 3.72. The Morgan fingerprint density at radius 1 is 1.32 bits per heavy atom. The van der Waals surface area contributed by atoms with Crippen LogP contribution in [0.2, 0.25) is 0 Å². The van der Waals surface area contributed by atoms with Crippen molar-refractivity contribution >= 4 is 11.8 Å². The molecule has 102 valence electrons. The maximum absolute atomic E-state index is 12.5. The lowest BCUT2D eigenvalue weighted by Crippen LogP contribution is -2.44. The summed E-state index contributed by atoms with van der Waals surface area (Å²) in [6.07, 6.45) is 1.62. The van der Waals surface area contributed by atoms with E-state index in [0.717, 1.165) is 29.5 Å². The lowest BCUT2D eigenvalue weighted by Gasteiger charge is -2.31. The molecule has 1 heterocycles. The molecule has 0 aliphatic carbocycles. The Labute approximate surface area is 113 Å². The maximum atomic E-state index is 12.5. The zero-order valence-electron chi connectivity index (χ0n) is 11.5. The summed E-state index contributed by atoms with van der Waals surface area (Å²) in [5, 5.41) is 0. The number of rotatable bonds is 2. The molecule has 2 N–H and O–H groups in total. The molecular weight excluding hydrogens is 240 g/mol. The summed E-state index contributed by atoms with van der Waals surface area (Å²) in [7, 11) is 0. The molecule has 1 atom stereocenters. The highest BCUT2D eigenvalue weighted by molar-refractivity contribution is 5.96. The molecule has 1 unspecified atom stereocenters. The fraction of sp³-hybridized carbons (Fsp3) is 0.467. The van der Waals surface area contributed by atoms with Crippen LogP contribution >= 0.6 is 0 Å². The summed E-state index contributed by atoms with van der Waals surface area (Å²) in [4.78, 5) is 25.5. The van der Waals surface area contributed by atoms with Crippen molar-refractivity contribution in [2.75, 3.05) is 13.1 Å². The largest absolute Gasteiger partial charge is 0.369 e. The van der Waals surface area contributed by atoms with E-state index in [2.05, 4.69) is 0 Å². The first-order chi connectivity index (χ1) is 8.99. The highest BCUT2D eigenvalue weighted by Crippen LogP contribution is 2.20. The minimum atomic E-state index is -0.307. The highest BCUT2D eigenvalue weighted by atomic mass is 16.2. The van der Waals surface area contributed by atoms with Crippen LogP contribution in [0.15, 0.2) is 18.2 Å². The van der Waals surface area contributed by atoms with E-state index >= 15 is 0 Å². The topological polar surface area (TPSA) is 63.4 Å². The summed E-state index contributed by atoms with van der Waals surface area (Å²) in [5.74, 6) is -0.509. The molecule has 1 aromatic rings. The van der Waals surface area contributed by atoms with Crippen LogP contribution in [0, 0.1) is 19.8 Å². The summed E-state index contributed by atoms with van der Waals surface area (Å²) in [6.45, 7) is 5.10. The minimum Gasteiger partial charge on any atom is -0.369 e. The Kier molecular flexibility index (Phi) is 3.88. The molecule has 19 heavy (non-hydrogen) atoms. The average Bonchev–Trinajstić information content (AvgIpc) is 2.38. The van der Waals surface area contributed by atoms with Crippen molar-refractivity contribution in [1.29, 1.82) is 0 Å². The smallest absolute Gasteiger partial charge is 0.254 e. The van der Waals surface area contributed by atoms with Crippen molar-refractivity contribution in [2.24, 2.45) is 11.7 Å². The molecule has 4 heteroatoms. The van der Waals surface area contributed by atoms with Gasteiger partial charge in [-0.3, -0.25) is 9.59 Å². The minimum absolute atomic E-state index is 0.00319. The van der Waals surface area contributed by atoms with Gasteiger partial charge in [0.1, 0.15) is 0 Å². The van der Waals surface area contributed by atoms with Crippen LogP contribution in [0.4, 0.5) is 0 Å². The van der Waals surface area contributed by atoms with Crippen LogP contribution in [-0.2, 0) is 4.79 Å². The molecule has 0 bridgehead atoms. The van der Waals surface area contributed by atoms with E-state index in [1.807, 2.05) is 32.0 Å². The van der Waals surface area contributed by atoms with Gasteiger partial charge < -0.3 is 10.6 Å². The zero-order valence-corrected chi connectivity index (χ0v) is 11.5. The number of likely N-dealkylation sites (tertiary alicyclic amines) is 1. The van der Waals surface area contributed by atoms with Crippen LogP contribution < -0.4 is 5.73 Å². The monoisotopic (exact) mass is 260 g/mol. The van der Waals surface area contributed by atoms with Gasteiger partial charge in [-0.1, -0.05) is 17.7 Å². The van der Waals surface area contributed by atoms with E-state index < -0.39 is 0 Å². The first-order valence-corrected chi connectivity index (χ1v) is 6.65. The van der Waals surface area contributed by atoms with Gasteiger partial charge in [-0.2, -0.15) is 0 Å². The van der Waals surface area contributed by atoms with Gasteiger partial charge in [0, 0.05) is 18.7 Å². The van der Waals surface area contributed by atoms with Crippen molar-refractivity contribution < 1.29 is 9.59 Å². The van der Waals surface area contributed by atoms with Crippen molar-refractivity contribution in [2.45, 2.75) is 26.7 Å². The number of carbonyl (C=O) groups is 2. The van der Waals surface area contributed by atoms with Crippen molar-refractivity contribution in [3.63, 3.8) is 0 Å². The number of primary amides is 1. The van der Waals surface area contributed by atoms with E-state index in [4.69, 9.17) is 5.73 Å². The van der Waals surface area contributed by atoms with Gasteiger partial charge in [-0.15, -0.1) is 0 Å². The quantitative estimate of drug-likeness (QED) is 0.878. The molecular formula is C15H20N2O2. The first-order valence-electron chi connectivity index (χ1n) is 6.65. The lowest BCUT2D eigenvalue weighted by molar-refractivity contribution is -0.123. The SMILES string of the molecule is Cc1ccc(C(=O)N2CCCC(C(N)=O)C2)c(C)c1. The Morgan fingerprint density at radius 3 is 2.68 bits per heavy atom. The normalized spacial score (nSPS) is 19.3. The molecule has 2 amide bonds. The second-order valence-electron chi connectivity index (χ2n) is 5.31. The molecule has 1 aliphatic heterocycles. The van der Waals surface area contributed by atoms with Crippen molar-refractivity contribution in [1.82, 2.24) is 4.90 Å². The Bertz CT molecular complexity index is 511. The number of nitrogens with two attached hydrogens (primary N) is 1. The van der Waals surface area contributed by atoms with Crippen LogP contribution in [0.1, 0.15) is 34.3 Å². The van der Waals surface area contributed by atoms with Gasteiger partial charge in [0.15, 0.2) is 0 Å². The van der Waals surface area contributed by atoms with Gasteiger partial charge in [0.05, 0.1) is 5.92 Å². The fourth-order valence-electron chi connectivity index (χ4n) is 2.62. The number of aryl methyl sites for hydroxylation is 2. The number of benzene rings is 1. The van der Waals surface area contributed by atoms with Gasteiger partial charge in [-0.05, 0) is 38.3 Å². The van der Waals surface area contributed by atoms with E-state index in [-0.39, 0.29) is 17.7 Å². The molecule has 0 aromatic heterocycles. The molecule has 1 fully saturated rings. The first kappa shape index (κ1) is 13.6. The molecule has 1 saturated heterocycles. The molecule has 1 aliphatic rings. The predicted molar refractivity (Wildman–Crippen MR) is 73.7 cm³/mol. The number of piperidine rings is 1. The van der Waals surface area contributed by atoms with E-state index in [1.165, 1.54) is 0 Å². The average molecular weight is 260 g/mol. The number of hydrogen-bond acceptors (Lipinski definition) is 2. The van der Waals surface area contributed by atoms with E-state index in [0.29, 0.717) is 13.1 Å². The van der Waals surface area contributed by atoms with Crippen LogP contribution in [0.25, 0.3) is 0 Å². The van der Waals surface area contributed by atoms with Crippen LogP contribution in [0.5, 0.6) is 0 Å².